The fourth-order valence-electron chi connectivity index (χ4n) is 1.33. The lowest BCUT2D eigenvalue weighted by molar-refractivity contribution is 1.11. The molecule has 1 aromatic rings. The van der Waals surface area contributed by atoms with Crippen LogP contribution in [0.5, 0.6) is 0 Å². The SMILES string of the molecule is CC/C(C)=C(\Cl)c1c(/C(Cl)=C(\C)CC)c1=O. The van der Waals surface area contributed by atoms with Gasteiger partial charge in [0.2, 0.25) is 0 Å². The summed E-state index contributed by atoms with van der Waals surface area (Å²) >= 11 is 12.3. The predicted octanol–water partition coefficient (Wildman–Crippen LogP) is 4.68. The van der Waals surface area contributed by atoms with Crippen LogP contribution in [0.1, 0.15) is 51.7 Å². The smallest absolute Gasteiger partial charge is 0.197 e. The number of halogens is 2. The second-order valence-corrected chi connectivity index (χ2v) is 4.73. The van der Waals surface area contributed by atoms with Gasteiger partial charge in [0, 0.05) is 0 Å². The molecule has 0 fully saturated rings. The van der Waals surface area contributed by atoms with Crippen LogP contribution in [0.25, 0.3) is 10.1 Å². The maximum atomic E-state index is 11.6. The molecule has 0 radical (unpaired) electrons. The zero-order chi connectivity index (χ0) is 12.5. The van der Waals surface area contributed by atoms with E-state index in [9.17, 15) is 4.79 Å². The van der Waals surface area contributed by atoms with Crippen LogP contribution >= 0.6 is 23.2 Å². The van der Waals surface area contributed by atoms with Gasteiger partial charge in [-0.25, -0.2) is 0 Å². The molecule has 0 atom stereocenters. The third kappa shape index (κ3) is 2.41. The summed E-state index contributed by atoms with van der Waals surface area (Å²) in [5, 5.41) is 1.15. The molecule has 0 saturated carbocycles. The van der Waals surface area contributed by atoms with E-state index in [0.29, 0.717) is 21.2 Å². The Labute approximate surface area is 106 Å². The molecule has 0 aliphatic heterocycles. The highest BCUT2D eigenvalue weighted by Crippen LogP contribution is 2.36. The van der Waals surface area contributed by atoms with E-state index in [1.165, 1.54) is 0 Å². The van der Waals surface area contributed by atoms with E-state index in [4.69, 9.17) is 23.2 Å². The van der Waals surface area contributed by atoms with Crippen molar-refractivity contribution in [2.75, 3.05) is 0 Å². The lowest BCUT2D eigenvalue weighted by Gasteiger charge is -1.98. The van der Waals surface area contributed by atoms with Gasteiger partial charge < -0.3 is 0 Å². The summed E-state index contributed by atoms with van der Waals surface area (Å²) < 4.78 is 0. The zero-order valence-corrected chi connectivity index (χ0v) is 11.6. The summed E-state index contributed by atoms with van der Waals surface area (Å²) in [5.74, 6) is 0. The van der Waals surface area contributed by atoms with Gasteiger partial charge in [0.15, 0.2) is 5.43 Å². The average molecular weight is 259 g/mol. The summed E-state index contributed by atoms with van der Waals surface area (Å²) in [6, 6.07) is 0. The van der Waals surface area contributed by atoms with Crippen LogP contribution < -0.4 is 5.43 Å². The monoisotopic (exact) mass is 258 g/mol. The molecule has 0 aromatic heterocycles. The molecule has 0 aliphatic carbocycles. The molecule has 0 unspecified atom stereocenters. The van der Waals surface area contributed by atoms with Crippen molar-refractivity contribution in [2.24, 2.45) is 0 Å². The Morgan fingerprint density at radius 1 is 0.938 bits per heavy atom. The van der Waals surface area contributed by atoms with E-state index in [1.807, 2.05) is 27.7 Å². The minimum atomic E-state index is -0.00407. The molecule has 0 spiro atoms. The first kappa shape index (κ1) is 13.5. The van der Waals surface area contributed by atoms with Crippen molar-refractivity contribution in [1.29, 1.82) is 0 Å². The Hall–Kier alpha value is -0.530. The van der Waals surface area contributed by atoms with E-state index >= 15 is 0 Å². The highest BCUT2D eigenvalue weighted by Gasteiger charge is 2.28. The van der Waals surface area contributed by atoms with Gasteiger partial charge in [-0.15, -0.1) is 0 Å². The van der Waals surface area contributed by atoms with Crippen LogP contribution in [-0.4, -0.2) is 0 Å². The second-order valence-electron chi connectivity index (χ2n) is 3.97. The van der Waals surface area contributed by atoms with Gasteiger partial charge in [0.25, 0.3) is 0 Å². The van der Waals surface area contributed by atoms with E-state index in [1.54, 1.807) is 0 Å². The molecule has 0 bridgehead atoms. The molecule has 1 aromatic carbocycles. The Morgan fingerprint density at radius 2 is 1.25 bits per heavy atom. The van der Waals surface area contributed by atoms with Gasteiger partial charge in [0.05, 0.1) is 21.2 Å². The van der Waals surface area contributed by atoms with Crippen molar-refractivity contribution in [3.63, 3.8) is 0 Å². The summed E-state index contributed by atoms with van der Waals surface area (Å²) in [6.07, 6.45) is 1.69. The highest BCUT2D eigenvalue weighted by molar-refractivity contribution is 6.54. The van der Waals surface area contributed by atoms with E-state index in [0.717, 1.165) is 24.0 Å². The van der Waals surface area contributed by atoms with Gasteiger partial charge in [-0.05, 0) is 26.7 Å². The van der Waals surface area contributed by atoms with Gasteiger partial charge in [-0.1, -0.05) is 48.2 Å². The minimum Gasteiger partial charge on any atom is -0.288 e. The van der Waals surface area contributed by atoms with Crippen molar-refractivity contribution in [2.45, 2.75) is 40.5 Å². The third-order valence-corrected chi connectivity index (χ3v) is 3.91. The molecule has 0 saturated heterocycles. The third-order valence-electron chi connectivity index (χ3n) is 2.89. The Kier molecular flexibility index (Phi) is 4.40. The summed E-state index contributed by atoms with van der Waals surface area (Å²) in [6.45, 7) is 7.89. The first-order valence-electron chi connectivity index (χ1n) is 5.45. The largest absolute Gasteiger partial charge is 0.288 e. The minimum absolute atomic E-state index is 0.00407. The molecule has 0 N–H and O–H groups in total. The van der Waals surface area contributed by atoms with Gasteiger partial charge in [-0.2, -0.15) is 0 Å². The molecular weight excluding hydrogens is 243 g/mol. The normalized spacial score (nSPS) is 15.1. The van der Waals surface area contributed by atoms with Crippen LogP contribution in [-0.2, 0) is 0 Å². The Bertz CT molecular complexity index is 430. The van der Waals surface area contributed by atoms with Crippen LogP contribution in [0.3, 0.4) is 0 Å². The molecule has 88 valence electrons. The quantitative estimate of drug-likeness (QED) is 0.767. The van der Waals surface area contributed by atoms with E-state index < -0.39 is 0 Å². The summed E-state index contributed by atoms with van der Waals surface area (Å²) in [7, 11) is 0. The van der Waals surface area contributed by atoms with Crippen LogP contribution in [0.15, 0.2) is 15.9 Å². The molecule has 0 heterocycles. The molecule has 3 heteroatoms. The maximum absolute atomic E-state index is 11.6. The highest BCUT2D eigenvalue weighted by atomic mass is 35.5. The lowest BCUT2D eigenvalue weighted by atomic mass is 10.1. The van der Waals surface area contributed by atoms with Crippen molar-refractivity contribution >= 4 is 33.3 Å². The Balaban J connectivity index is 3.13. The molecular formula is C13H16Cl2O. The zero-order valence-electron chi connectivity index (χ0n) is 10.1. The number of hydrogen-bond acceptors (Lipinski definition) is 1. The fourth-order valence-corrected chi connectivity index (χ4v) is 1.95. The molecule has 1 nitrogen and oxygen atoms in total. The van der Waals surface area contributed by atoms with Crippen molar-refractivity contribution in [3.8, 4) is 0 Å². The van der Waals surface area contributed by atoms with Crippen LogP contribution in [0.4, 0.5) is 0 Å². The summed E-state index contributed by atoms with van der Waals surface area (Å²) in [4.78, 5) is 11.6. The number of allylic oxidation sites excluding steroid dienone is 2. The second kappa shape index (κ2) is 5.20. The first-order chi connectivity index (χ1) is 7.45. The first-order valence-corrected chi connectivity index (χ1v) is 6.21. The van der Waals surface area contributed by atoms with Gasteiger partial charge in [-0.3, -0.25) is 4.79 Å². The lowest BCUT2D eigenvalue weighted by Crippen LogP contribution is -1.81. The standard InChI is InChI=1S/C13H16Cl2O/c1-5-7(3)11(14)9-10(13(9)16)12(15)8(4)6-2/h5-6H2,1-4H3/b11-7-,12-8-. The van der Waals surface area contributed by atoms with E-state index in [2.05, 4.69) is 0 Å². The number of hydrogen-bond donors (Lipinski definition) is 0. The van der Waals surface area contributed by atoms with Gasteiger partial charge in [0.1, 0.15) is 0 Å². The van der Waals surface area contributed by atoms with Crippen LogP contribution in [0, 0.1) is 0 Å². The topological polar surface area (TPSA) is 17.1 Å². The molecule has 1 rings (SSSR count). The average Bonchev–Trinajstić information content (AvgIpc) is 2.96. The van der Waals surface area contributed by atoms with Crippen molar-refractivity contribution < 1.29 is 0 Å². The molecule has 16 heavy (non-hydrogen) atoms. The predicted molar refractivity (Wildman–Crippen MR) is 72.6 cm³/mol. The maximum Gasteiger partial charge on any atom is 0.197 e. The van der Waals surface area contributed by atoms with E-state index in [-0.39, 0.29) is 5.43 Å². The van der Waals surface area contributed by atoms with Crippen molar-refractivity contribution in [1.82, 2.24) is 0 Å². The summed E-state index contributed by atoms with van der Waals surface area (Å²) in [5.41, 5.74) is 3.27. The Morgan fingerprint density at radius 3 is 1.50 bits per heavy atom. The molecule has 0 amide bonds. The van der Waals surface area contributed by atoms with Crippen LogP contribution in [0.2, 0.25) is 0 Å². The molecule has 0 aliphatic rings. The van der Waals surface area contributed by atoms with Crippen molar-refractivity contribution in [3.05, 3.63) is 32.5 Å². The fraction of sp³-hybridized carbons (Fsp3) is 0.462. The van der Waals surface area contributed by atoms with Gasteiger partial charge >= 0.3 is 0 Å². The number of rotatable bonds is 4.